The molecule has 1 unspecified atom stereocenters. The van der Waals surface area contributed by atoms with Gasteiger partial charge < -0.3 is 9.64 Å². The van der Waals surface area contributed by atoms with Crippen molar-refractivity contribution in [2.24, 2.45) is 0 Å². The molecule has 7 nitrogen and oxygen atoms in total. The summed E-state index contributed by atoms with van der Waals surface area (Å²) in [5.74, 6) is 0.695. The van der Waals surface area contributed by atoms with Crippen LogP contribution in [0.2, 0.25) is 0 Å². The monoisotopic (exact) mass is 447 g/mol. The molecule has 1 amide bonds. The van der Waals surface area contributed by atoms with Crippen molar-refractivity contribution in [3.63, 3.8) is 0 Å². The fourth-order valence-electron chi connectivity index (χ4n) is 3.06. The second-order valence-electron chi connectivity index (χ2n) is 6.47. The summed E-state index contributed by atoms with van der Waals surface area (Å²) in [6.45, 7) is 1.90. The summed E-state index contributed by atoms with van der Waals surface area (Å²) in [6, 6.07) is 4.56. The van der Waals surface area contributed by atoms with Gasteiger partial charge in [0.25, 0.3) is 0 Å². The minimum Gasteiger partial charge on any atom is -0.496 e. The van der Waals surface area contributed by atoms with Crippen LogP contribution in [0, 0.1) is 0 Å². The van der Waals surface area contributed by atoms with Gasteiger partial charge in [-0.15, -0.1) is 0 Å². The molecule has 1 aromatic carbocycles. The highest BCUT2D eigenvalue weighted by atomic mass is 79.9. The van der Waals surface area contributed by atoms with Crippen LogP contribution >= 0.6 is 15.9 Å². The quantitative estimate of drug-likeness (QED) is 0.613. The van der Waals surface area contributed by atoms with Gasteiger partial charge in [0.05, 0.1) is 22.5 Å². The maximum Gasteiger partial charge on any atom is 0.240 e. The first-order valence-corrected chi connectivity index (χ1v) is 10.8. The zero-order valence-corrected chi connectivity index (χ0v) is 17.8. The predicted molar refractivity (Wildman–Crippen MR) is 104 cm³/mol. The molecule has 1 atom stereocenters. The molecule has 1 fully saturated rings. The molecule has 1 aromatic rings. The van der Waals surface area contributed by atoms with Gasteiger partial charge in [-0.05, 0) is 59.9 Å². The van der Waals surface area contributed by atoms with Crippen molar-refractivity contribution in [3.05, 3.63) is 22.7 Å². The molecule has 1 aliphatic heterocycles. The van der Waals surface area contributed by atoms with Gasteiger partial charge in [-0.1, -0.05) is 0 Å². The van der Waals surface area contributed by atoms with Gasteiger partial charge in [-0.25, -0.2) is 13.1 Å². The van der Waals surface area contributed by atoms with Crippen molar-refractivity contribution in [1.82, 2.24) is 14.5 Å². The van der Waals surface area contributed by atoms with Gasteiger partial charge in [0.15, 0.2) is 0 Å². The second kappa shape index (κ2) is 9.16. The Morgan fingerprint density at radius 1 is 1.42 bits per heavy atom. The minimum atomic E-state index is -3.58. The summed E-state index contributed by atoms with van der Waals surface area (Å²) >= 11 is 3.30. The Morgan fingerprint density at radius 3 is 2.77 bits per heavy atom. The van der Waals surface area contributed by atoms with Crippen LogP contribution < -0.4 is 9.46 Å². The van der Waals surface area contributed by atoms with Gasteiger partial charge >= 0.3 is 0 Å². The number of hydrogen-bond acceptors (Lipinski definition) is 5. The Labute approximate surface area is 163 Å². The van der Waals surface area contributed by atoms with Crippen molar-refractivity contribution in [2.45, 2.75) is 30.2 Å². The molecule has 1 heterocycles. The number of carbonyl (C=O) groups is 1. The molecule has 0 bridgehead atoms. The number of carbonyl (C=O) groups excluding carboxylic acids is 1. The summed E-state index contributed by atoms with van der Waals surface area (Å²) in [5, 5.41) is 0. The first kappa shape index (κ1) is 21.1. The van der Waals surface area contributed by atoms with E-state index in [2.05, 4.69) is 25.6 Å². The fraction of sp³-hybridized carbons (Fsp3) is 0.588. The van der Waals surface area contributed by atoms with Crippen LogP contribution in [-0.4, -0.2) is 71.0 Å². The lowest BCUT2D eigenvalue weighted by molar-refractivity contribution is -0.133. The van der Waals surface area contributed by atoms with Gasteiger partial charge in [0, 0.05) is 27.2 Å². The molecule has 1 saturated heterocycles. The molecule has 0 saturated carbocycles. The molecule has 0 aliphatic carbocycles. The molecular weight excluding hydrogens is 422 g/mol. The fourth-order valence-corrected chi connectivity index (χ4v) is 4.85. The minimum absolute atomic E-state index is 0.0841. The number of hydrogen-bond donors (Lipinski definition) is 1. The molecule has 0 aromatic heterocycles. The maximum absolute atomic E-state index is 12.4. The SMILES string of the molecule is COc1ccc(S(=O)(=O)NCCCN2CCCC2C(=O)N(C)C)cc1Br. The Hall–Kier alpha value is -1.16. The highest BCUT2D eigenvalue weighted by Crippen LogP contribution is 2.27. The number of nitrogens with zero attached hydrogens (tertiary/aromatic N) is 2. The number of nitrogens with one attached hydrogen (secondary N) is 1. The number of methoxy groups -OCH3 is 1. The normalized spacial score (nSPS) is 18.1. The van der Waals surface area contributed by atoms with Crippen LogP contribution in [0.1, 0.15) is 19.3 Å². The van der Waals surface area contributed by atoms with Gasteiger partial charge in [0.1, 0.15) is 5.75 Å². The summed E-state index contributed by atoms with van der Waals surface area (Å²) in [7, 11) is 1.48. The standard InChI is InChI=1S/C17H26BrN3O4S/c1-20(2)17(22)15-6-4-10-21(15)11-5-9-19-26(23,24)13-7-8-16(25-3)14(18)12-13/h7-8,12,15,19H,4-6,9-11H2,1-3H3. The summed E-state index contributed by atoms with van der Waals surface area (Å²) in [5.41, 5.74) is 0. The number of likely N-dealkylation sites (N-methyl/N-ethyl adjacent to an activating group) is 1. The third-order valence-corrected chi connectivity index (χ3v) is 6.52. The number of sulfonamides is 1. The van der Waals surface area contributed by atoms with Gasteiger partial charge in [-0.3, -0.25) is 9.69 Å². The third kappa shape index (κ3) is 5.18. The number of halogens is 1. The van der Waals surface area contributed by atoms with Gasteiger partial charge in [0.2, 0.25) is 15.9 Å². The van der Waals surface area contributed by atoms with E-state index >= 15 is 0 Å². The van der Waals surface area contributed by atoms with E-state index in [1.807, 2.05) is 0 Å². The topological polar surface area (TPSA) is 79.0 Å². The first-order valence-electron chi connectivity index (χ1n) is 8.54. The van der Waals surface area contributed by atoms with E-state index < -0.39 is 10.0 Å². The summed E-state index contributed by atoms with van der Waals surface area (Å²) in [4.78, 5) is 16.1. The van der Waals surface area contributed by atoms with Crippen LogP contribution in [-0.2, 0) is 14.8 Å². The van der Waals surface area contributed by atoms with Crippen molar-refractivity contribution in [3.8, 4) is 5.75 Å². The molecule has 9 heteroatoms. The number of ether oxygens (including phenoxy) is 1. The largest absolute Gasteiger partial charge is 0.496 e. The summed E-state index contributed by atoms with van der Waals surface area (Å²) in [6.07, 6.45) is 2.51. The Kier molecular flexibility index (Phi) is 7.45. The molecule has 2 rings (SSSR count). The lowest BCUT2D eigenvalue weighted by Gasteiger charge is -2.26. The Morgan fingerprint density at radius 2 is 2.15 bits per heavy atom. The van der Waals surface area contributed by atoms with Crippen LogP contribution in [0.15, 0.2) is 27.6 Å². The highest BCUT2D eigenvalue weighted by Gasteiger charge is 2.31. The molecule has 1 aliphatic rings. The summed E-state index contributed by atoms with van der Waals surface area (Å²) < 4.78 is 33.1. The van der Waals surface area contributed by atoms with E-state index in [4.69, 9.17) is 4.74 Å². The first-order chi connectivity index (χ1) is 12.3. The van der Waals surface area contributed by atoms with Crippen molar-refractivity contribution >= 4 is 31.9 Å². The molecular formula is C17H26BrN3O4S. The van der Waals surface area contributed by atoms with Crippen LogP contribution in [0.5, 0.6) is 5.75 Å². The zero-order chi connectivity index (χ0) is 19.3. The van der Waals surface area contributed by atoms with Crippen molar-refractivity contribution in [2.75, 3.05) is 40.8 Å². The van der Waals surface area contributed by atoms with Crippen LogP contribution in [0.4, 0.5) is 0 Å². The van der Waals surface area contributed by atoms with E-state index in [9.17, 15) is 13.2 Å². The average Bonchev–Trinajstić information content (AvgIpc) is 3.06. The van der Waals surface area contributed by atoms with E-state index in [1.54, 1.807) is 25.1 Å². The molecule has 146 valence electrons. The van der Waals surface area contributed by atoms with E-state index in [0.717, 1.165) is 19.4 Å². The van der Waals surface area contributed by atoms with E-state index in [0.29, 0.717) is 29.7 Å². The number of benzene rings is 1. The predicted octanol–water partition coefficient (Wildman–Crippen LogP) is 1.68. The van der Waals surface area contributed by atoms with Crippen molar-refractivity contribution in [1.29, 1.82) is 0 Å². The Balaban J connectivity index is 1.87. The van der Waals surface area contributed by atoms with Crippen LogP contribution in [0.3, 0.4) is 0 Å². The smallest absolute Gasteiger partial charge is 0.240 e. The molecule has 26 heavy (non-hydrogen) atoms. The Bertz CT molecular complexity index is 740. The molecule has 1 N–H and O–H groups in total. The van der Waals surface area contributed by atoms with Gasteiger partial charge in [-0.2, -0.15) is 0 Å². The number of rotatable bonds is 8. The molecule has 0 radical (unpaired) electrons. The van der Waals surface area contributed by atoms with Crippen LogP contribution in [0.25, 0.3) is 0 Å². The lowest BCUT2D eigenvalue weighted by Crippen LogP contribution is -2.43. The van der Waals surface area contributed by atoms with E-state index in [1.165, 1.54) is 19.2 Å². The average molecular weight is 448 g/mol. The van der Waals surface area contributed by atoms with E-state index in [-0.39, 0.29) is 16.8 Å². The molecule has 0 spiro atoms. The van der Waals surface area contributed by atoms with Crippen molar-refractivity contribution < 1.29 is 17.9 Å². The number of amides is 1. The maximum atomic E-state index is 12.4. The second-order valence-corrected chi connectivity index (χ2v) is 9.10. The highest BCUT2D eigenvalue weighted by molar-refractivity contribution is 9.10. The number of likely N-dealkylation sites (tertiary alicyclic amines) is 1. The third-order valence-electron chi connectivity index (χ3n) is 4.44. The lowest BCUT2D eigenvalue weighted by atomic mass is 10.2. The zero-order valence-electron chi connectivity index (χ0n) is 15.4.